The van der Waals surface area contributed by atoms with E-state index in [0.717, 1.165) is 0 Å². The van der Waals surface area contributed by atoms with E-state index in [1.165, 1.54) is 31.0 Å². The number of hydrogen-bond donors (Lipinski definition) is 1. The van der Waals surface area contributed by atoms with Crippen LogP contribution in [0.15, 0.2) is 23.1 Å². The largest absolute Gasteiger partial charge is 0.468 e. The average molecular weight is 270 g/mol. The summed E-state index contributed by atoms with van der Waals surface area (Å²) in [5.74, 6) is -0.236. The summed E-state index contributed by atoms with van der Waals surface area (Å²) in [5, 5.41) is 13.8. The number of nitrogens with zero attached hydrogens (tertiary/aromatic N) is 1. The van der Waals surface area contributed by atoms with E-state index >= 15 is 0 Å². The number of hydrogen-bond acceptors (Lipinski definition) is 6. The SMILES string of the molecule is CCNc1cc(SCC(=O)OC)cc([N+](=O)[O-])c1. The fourth-order valence-electron chi connectivity index (χ4n) is 1.28. The number of rotatable bonds is 6. The van der Waals surface area contributed by atoms with Crippen LogP contribution in [0.1, 0.15) is 6.92 Å². The number of non-ortho nitro benzene ring substituents is 1. The van der Waals surface area contributed by atoms with Gasteiger partial charge < -0.3 is 10.1 Å². The zero-order valence-corrected chi connectivity index (χ0v) is 11.0. The first kappa shape index (κ1) is 14.3. The van der Waals surface area contributed by atoms with Crippen molar-refractivity contribution < 1.29 is 14.5 Å². The Bertz CT molecular complexity index is 451. The van der Waals surface area contributed by atoms with E-state index in [-0.39, 0.29) is 17.4 Å². The molecule has 0 unspecified atom stereocenters. The van der Waals surface area contributed by atoms with Crippen molar-refractivity contribution in [1.82, 2.24) is 0 Å². The molecule has 1 aromatic rings. The van der Waals surface area contributed by atoms with Crippen LogP contribution in [0.2, 0.25) is 0 Å². The normalized spacial score (nSPS) is 9.89. The van der Waals surface area contributed by atoms with Crippen LogP contribution in [0.3, 0.4) is 0 Å². The van der Waals surface area contributed by atoms with E-state index in [1.807, 2.05) is 6.92 Å². The highest BCUT2D eigenvalue weighted by molar-refractivity contribution is 8.00. The number of nitro benzene ring substituents is 1. The van der Waals surface area contributed by atoms with Crippen molar-refractivity contribution in [2.45, 2.75) is 11.8 Å². The molecule has 0 atom stereocenters. The Hall–Kier alpha value is -1.76. The summed E-state index contributed by atoms with van der Waals surface area (Å²) in [6.45, 7) is 2.57. The monoisotopic (exact) mass is 270 g/mol. The van der Waals surface area contributed by atoms with Crippen molar-refractivity contribution in [1.29, 1.82) is 0 Å². The Morgan fingerprint density at radius 3 is 2.78 bits per heavy atom. The van der Waals surface area contributed by atoms with Crippen LogP contribution in [-0.4, -0.2) is 30.3 Å². The molecular weight excluding hydrogens is 256 g/mol. The van der Waals surface area contributed by atoms with Gasteiger partial charge in [0.15, 0.2) is 0 Å². The number of benzene rings is 1. The molecule has 6 nitrogen and oxygen atoms in total. The zero-order valence-electron chi connectivity index (χ0n) is 10.1. The molecule has 7 heteroatoms. The minimum absolute atomic E-state index is 0.000755. The van der Waals surface area contributed by atoms with Crippen LogP contribution in [0.4, 0.5) is 11.4 Å². The van der Waals surface area contributed by atoms with Gasteiger partial charge in [0.25, 0.3) is 5.69 Å². The average Bonchev–Trinajstić information content (AvgIpc) is 2.36. The second-order valence-electron chi connectivity index (χ2n) is 3.37. The minimum atomic E-state index is -0.455. The van der Waals surface area contributed by atoms with Crippen LogP contribution in [0, 0.1) is 10.1 Å². The predicted octanol–water partition coefficient (Wildman–Crippen LogP) is 2.29. The van der Waals surface area contributed by atoms with Crippen LogP contribution >= 0.6 is 11.8 Å². The first-order chi connectivity index (χ1) is 8.56. The quantitative estimate of drug-likeness (QED) is 0.369. The van der Waals surface area contributed by atoms with Gasteiger partial charge in [0.1, 0.15) is 0 Å². The van der Waals surface area contributed by atoms with Gasteiger partial charge in [0.05, 0.1) is 17.8 Å². The van der Waals surface area contributed by atoms with E-state index < -0.39 is 4.92 Å². The molecule has 0 bridgehead atoms. The van der Waals surface area contributed by atoms with Crippen molar-refractivity contribution in [3.8, 4) is 0 Å². The van der Waals surface area contributed by atoms with Crippen molar-refractivity contribution in [2.24, 2.45) is 0 Å². The third kappa shape index (κ3) is 4.25. The molecule has 0 spiro atoms. The number of thioether (sulfide) groups is 1. The summed E-state index contributed by atoms with van der Waals surface area (Å²) >= 11 is 1.21. The summed E-state index contributed by atoms with van der Waals surface area (Å²) in [7, 11) is 1.31. The summed E-state index contributed by atoms with van der Waals surface area (Å²) in [5.41, 5.74) is 0.667. The van der Waals surface area contributed by atoms with Gasteiger partial charge in [-0.3, -0.25) is 14.9 Å². The molecule has 98 valence electrons. The standard InChI is InChI=1S/C11H14N2O4S/c1-3-12-8-4-9(13(15)16)6-10(5-8)18-7-11(14)17-2/h4-6,12H,3,7H2,1-2H3. The Morgan fingerprint density at radius 1 is 1.50 bits per heavy atom. The molecule has 0 fully saturated rings. The predicted molar refractivity (Wildman–Crippen MR) is 70.0 cm³/mol. The molecule has 0 amide bonds. The molecule has 0 radical (unpaired) electrons. The number of anilines is 1. The van der Waals surface area contributed by atoms with E-state index in [9.17, 15) is 14.9 Å². The highest BCUT2D eigenvalue weighted by Crippen LogP contribution is 2.27. The van der Waals surface area contributed by atoms with Crippen LogP contribution in [-0.2, 0) is 9.53 Å². The molecule has 1 N–H and O–H groups in total. The summed E-state index contributed by atoms with van der Waals surface area (Å²) in [4.78, 5) is 22.0. The highest BCUT2D eigenvalue weighted by atomic mass is 32.2. The smallest absolute Gasteiger partial charge is 0.315 e. The number of carbonyl (C=O) groups is 1. The van der Waals surface area contributed by atoms with Crippen LogP contribution in [0.25, 0.3) is 0 Å². The molecular formula is C11H14N2O4S. The van der Waals surface area contributed by atoms with E-state index in [2.05, 4.69) is 10.1 Å². The lowest BCUT2D eigenvalue weighted by Gasteiger charge is -2.06. The number of nitro groups is 1. The molecule has 1 rings (SSSR count). The van der Waals surface area contributed by atoms with Gasteiger partial charge in [-0.05, 0) is 13.0 Å². The van der Waals surface area contributed by atoms with E-state index in [1.54, 1.807) is 6.07 Å². The van der Waals surface area contributed by atoms with E-state index in [0.29, 0.717) is 17.1 Å². The molecule has 0 aliphatic rings. The van der Waals surface area contributed by atoms with E-state index in [4.69, 9.17) is 0 Å². The lowest BCUT2D eigenvalue weighted by molar-refractivity contribution is -0.385. The van der Waals surface area contributed by atoms with Crippen molar-refractivity contribution in [3.05, 3.63) is 28.3 Å². The molecule has 0 heterocycles. The topological polar surface area (TPSA) is 81.5 Å². The molecule has 0 aromatic heterocycles. The van der Waals surface area contributed by atoms with Gasteiger partial charge in [-0.2, -0.15) is 0 Å². The summed E-state index contributed by atoms with van der Waals surface area (Å²) < 4.78 is 4.52. The first-order valence-corrected chi connectivity index (χ1v) is 6.28. The minimum Gasteiger partial charge on any atom is -0.468 e. The highest BCUT2D eigenvalue weighted by Gasteiger charge is 2.11. The van der Waals surface area contributed by atoms with Crippen LogP contribution in [0.5, 0.6) is 0 Å². The van der Waals surface area contributed by atoms with Crippen molar-refractivity contribution in [2.75, 3.05) is 24.7 Å². The second-order valence-corrected chi connectivity index (χ2v) is 4.42. The number of nitrogens with one attached hydrogen (secondary N) is 1. The van der Waals surface area contributed by atoms with Gasteiger partial charge in [0.2, 0.25) is 0 Å². The summed E-state index contributed by atoms with van der Waals surface area (Å²) in [6, 6.07) is 4.67. The molecule has 0 saturated heterocycles. The maximum atomic E-state index is 11.0. The van der Waals surface area contributed by atoms with Crippen molar-refractivity contribution >= 4 is 29.1 Å². The molecule has 0 aliphatic heterocycles. The number of esters is 1. The Labute approximate surface area is 109 Å². The fourth-order valence-corrected chi connectivity index (χ4v) is 2.10. The lowest BCUT2D eigenvalue weighted by atomic mass is 10.3. The number of carbonyl (C=O) groups excluding carboxylic acids is 1. The molecule has 18 heavy (non-hydrogen) atoms. The maximum Gasteiger partial charge on any atom is 0.315 e. The Morgan fingerprint density at radius 2 is 2.22 bits per heavy atom. The second kappa shape index (κ2) is 6.85. The number of methoxy groups -OCH3 is 1. The summed E-state index contributed by atoms with van der Waals surface area (Å²) in [6.07, 6.45) is 0. The fraction of sp³-hybridized carbons (Fsp3) is 0.364. The first-order valence-electron chi connectivity index (χ1n) is 5.29. The third-order valence-electron chi connectivity index (χ3n) is 2.07. The molecule has 1 aromatic carbocycles. The Balaban J connectivity index is 2.88. The third-order valence-corrected chi connectivity index (χ3v) is 3.02. The van der Waals surface area contributed by atoms with Gasteiger partial charge >= 0.3 is 5.97 Å². The van der Waals surface area contributed by atoms with Crippen LogP contribution < -0.4 is 5.32 Å². The van der Waals surface area contributed by atoms with Gasteiger partial charge in [-0.1, -0.05) is 0 Å². The zero-order chi connectivity index (χ0) is 13.5. The lowest BCUT2D eigenvalue weighted by Crippen LogP contribution is -2.03. The molecule has 0 saturated carbocycles. The van der Waals surface area contributed by atoms with Gasteiger partial charge in [-0.25, -0.2) is 0 Å². The van der Waals surface area contributed by atoms with Gasteiger partial charge in [-0.15, -0.1) is 11.8 Å². The number of ether oxygens (including phenoxy) is 1. The van der Waals surface area contributed by atoms with Crippen molar-refractivity contribution in [3.63, 3.8) is 0 Å². The van der Waals surface area contributed by atoms with Gasteiger partial charge in [0, 0.05) is 29.3 Å². The molecule has 0 aliphatic carbocycles. The maximum absolute atomic E-state index is 11.0. The Kier molecular flexibility index (Phi) is 5.44.